The number of hydrogen-bond donors (Lipinski definition) is 1. The van der Waals surface area contributed by atoms with Crippen molar-refractivity contribution in [3.8, 4) is 0 Å². The van der Waals surface area contributed by atoms with E-state index < -0.39 is 23.1 Å². The summed E-state index contributed by atoms with van der Waals surface area (Å²) in [6.45, 7) is 2.67. The third-order valence-corrected chi connectivity index (χ3v) is 4.05. The lowest BCUT2D eigenvalue weighted by atomic mass is 9.90. The lowest BCUT2D eigenvalue weighted by Crippen LogP contribution is -2.50. The Morgan fingerprint density at radius 2 is 2.20 bits per heavy atom. The monoisotopic (exact) mass is 283 g/mol. The number of nitrogens with zero attached hydrogens (tertiary/aromatic N) is 1. The Bertz CT molecular complexity index is 507. The molecule has 1 heterocycles. The first-order valence-corrected chi connectivity index (χ1v) is 6.92. The summed E-state index contributed by atoms with van der Waals surface area (Å²) in [7, 11) is 0. The summed E-state index contributed by atoms with van der Waals surface area (Å²) in [5.74, 6) is -1.86. The fourth-order valence-corrected chi connectivity index (χ4v) is 3.08. The van der Waals surface area contributed by atoms with Gasteiger partial charge in [-0.3, -0.25) is 9.69 Å². The highest BCUT2D eigenvalue weighted by Gasteiger charge is 2.46. The molecule has 1 aromatic carbocycles. The normalized spacial score (nSPS) is 23.1. The molecule has 1 aliphatic rings. The lowest BCUT2D eigenvalue weighted by molar-refractivity contribution is -0.150. The maximum absolute atomic E-state index is 13.7. The van der Waals surface area contributed by atoms with Gasteiger partial charge in [0.1, 0.15) is 17.2 Å². The molecule has 5 heteroatoms. The van der Waals surface area contributed by atoms with Crippen molar-refractivity contribution in [3.05, 3.63) is 35.4 Å². The Labute approximate surface area is 117 Å². The summed E-state index contributed by atoms with van der Waals surface area (Å²) in [6.07, 6.45) is 2.60. The van der Waals surface area contributed by atoms with Crippen LogP contribution < -0.4 is 0 Å². The molecule has 0 spiro atoms. The highest BCUT2D eigenvalue weighted by molar-refractivity contribution is 5.79. The molecule has 1 aromatic rings. The van der Waals surface area contributed by atoms with Crippen LogP contribution in [0.1, 0.15) is 38.2 Å². The number of likely N-dealkylation sites (tertiary alicyclic amines) is 1. The van der Waals surface area contributed by atoms with Crippen LogP contribution in [0, 0.1) is 11.6 Å². The molecular weight excluding hydrogens is 264 g/mol. The van der Waals surface area contributed by atoms with Gasteiger partial charge in [0.2, 0.25) is 0 Å². The Balaban J connectivity index is 2.26. The number of halogens is 2. The van der Waals surface area contributed by atoms with Crippen molar-refractivity contribution < 1.29 is 18.7 Å². The maximum Gasteiger partial charge on any atom is 0.324 e. The van der Waals surface area contributed by atoms with Gasteiger partial charge in [0, 0.05) is 12.1 Å². The predicted octanol–water partition coefficient (Wildman–Crippen LogP) is 3.18. The molecule has 1 fully saturated rings. The van der Waals surface area contributed by atoms with E-state index in [1.807, 2.05) is 6.92 Å². The third kappa shape index (κ3) is 2.68. The predicted molar refractivity (Wildman–Crippen MR) is 71.3 cm³/mol. The number of carbonyl (C=O) groups is 1. The molecule has 1 N–H and O–H groups in total. The molecule has 110 valence electrons. The van der Waals surface area contributed by atoms with E-state index in [2.05, 4.69) is 0 Å². The van der Waals surface area contributed by atoms with Crippen LogP contribution in [0.2, 0.25) is 0 Å². The van der Waals surface area contributed by atoms with Crippen LogP contribution in [0.4, 0.5) is 8.78 Å². The van der Waals surface area contributed by atoms with Gasteiger partial charge >= 0.3 is 5.97 Å². The SMILES string of the molecule is CCCC1(C(=O)O)CCCN1Cc1cc(F)ccc1F. The Hall–Kier alpha value is -1.49. The standard InChI is InChI=1S/C15H19F2NO2/c1-2-6-15(14(19)20)7-3-8-18(15)10-11-9-12(16)4-5-13(11)17/h4-5,9H,2-3,6-8,10H2,1H3,(H,19,20). The van der Waals surface area contributed by atoms with Gasteiger partial charge in [-0.25, -0.2) is 8.78 Å². The number of carboxylic acids is 1. The molecule has 0 bridgehead atoms. The zero-order valence-electron chi connectivity index (χ0n) is 11.5. The van der Waals surface area contributed by atoms with Crippen LogP contribution in [0.5, 0.6) is 0 Å². The van der Waals surface area contributed by atoms with Crippen LogP contribution in [-0.2, 0) is 11.3 Å². The van der Waals surface area contributed by atoms with Gasteiger partial charge in [-0.2, -0.15) is 0 Å². The summed E-state index contributed by atoms with van der Waals surface area (Å²) in [4.78, 5) is 13.4. The number of benzene rings is 1. The second-order valence-corrected chi connectivity index (χ2v) is 5.35. The second-order valence-electron chi connectivity index (χ2n) is 5.35. The lowest BCUT2D eigenvalue weighted by Gasteiger charge is -2.34. The molecule has 0 saturated carbocycles. The van der Waals surface area contributed by atoms with E-state index in [1.54, 1.807) is 4.90 Å². The van der Waals surface area contributed by atoms with Crippen molar-refractivity contribution in [2.45, 2.75) is 44.7 Å². The summed E-state index contributed by atoms with van der Waals surface area (Å²) in [5, 5.41) is 9.56. The molecule has 2 rings (SSSR count). The molecule has 3 nitrogen and oxygen atoms in total. The molecule has 1 unspecified atom stereocenters. The van der Waals surface area contributed by atoms with Crippen LogP contribution in [-0.4, -0.2) is 28.1 Å². The maximum atomic E-state index is 13.7. The van der Waals surface area contributed by atoms with Gasteiger partial charge in [0.15, 0.2) is 0 Å². The number of hydrogen-bond acceptors (Lipinski definition) is 2. The molecule has 0 amide bonds. The van der Waals surface area contributed by atoms with Gasteiger partial charge < -0.3 is 5.11 Å². The molecule has 1 aliphatic heterocycles. The molecule has 0 aliphatic carbocycles. The number of aliphatic carboxylic acids is 1. The van der Waals surface area contributed by atoms with Crippen LogP contribution in [0.15, 0.2) is 18.2 Å². The van der Waals surface area contributed by atoms with E-state index in [1.165, 1.54) is 0 Å². The van der Waals surface area contributed by atoms with E-state index in [0.29, 0.717) is 19.4 Å². The number of rotatable bonds is 5. The second kappa shape index (κ2) is 5.87. The van der Waals surface area contributed by atoms with Crippen molar-refractivity contribution in [2.75, 3.05) is 6.54 Å². The minimum absolute atomic E-state index is 0.135. The number of carboxylic acid groups (broad SMARTS) is 1. The van der Waals surface area contributed by atoms with Crippen molar-refractivity contribution in [1.29, 1.82) is 0 Å². The third-order valence-electron chi connectivity index (χ3n) is 4.05. The van der Waals surface area contributed by atoms with Gasteiger partial charge in [-0.15, -0.1) is 0 Å². The molecular formula is C15H19F2NO2. The smallest absolute Gasteiger partial charge is 0.324 e. The van der Waals surface area contributed by atoms with E-state index in [4.69, 9.17) is 0 Å². The highest BCUT2D eigenvalue weighted by Crippen LogP contribution is 2.35. The first-order chi connectivity index (χ1) is 9.49. The molecule has 1 saturated heterocycles. The van der Waals surface area contributed by atoms with E-state index >= 15 is 0 Å². The molecule has 20 heavy (non-hydrogen) atoms. The Morgan fingerprint density at radius 1 is 1.45 bits per heavy atom. The zero-order valence-corrected chi connectivity index (χ0v) is 11.5. The zero-order chi connectivity index (χ0) is 14.8. The van der Waals surface area contributed by atoms with E-state index in [-0.39, 0.29) is 12.1 Å². The van der Waals surface area contributed by atoms with Crippen molar-refractivity contribution in [1.82, 2.24) is 4.90 Å². The van der Waals surface area contributed by atoms with Crippen molar-refractivity contribution in [2.24, 2.45) is 0 Å². The quantitative estimate of drug-likeness (QED) is 0.902. The minimum atomic E-state index is -0.937. The van der Waals surface area contributed by atoms with Gasteiger partial charge in [0.25, 0.3) is 0 Å². The fraction of sp³-hybridized carbons (Fsp3) is 0.533. The first-order valence-electron chi connectivity index (χ1n) is 6.92. The van der Waals surface area contributed by atoms with Gasteiger partial charge in [-0.05, 0) is 44.0 Å². The summed E-state index contributed by atoms with van der Waals surface area (Å²) in [6, 6.07) is 3.30. The molecule has 1 atom stereocenters. The Kier molecular flexibility index (Phi) is 4.38. The highest BCUT2D eigenvalue weighted by atomic mass is 19.1. The first kappa shape index (κ1) is 14.9. The molecule has 0 aromatic heterocycles. The average Bonchev–Trinajstić information content (AvgIpc) is 2.79. The van der Waals surface area contributed by atoms with Crippen molar-refractivity contribution in [3.63, 3.8) is 0 Å². The topological polar surface area (TPSA) is 40.5 Å². The van der Waals surface area contributed by atoms with Crippen molar-refractivity contribution >= 4 is 5.97 Å². The van der Waals surface area contributed by atoms with E-state index in [0.717, 1.165) is 31.0 Å². The van der Waals surface area contributed by atoms with Crippen LogP contribution in [0.3, 0.4) is 0 Å². The van der Waals surface area contributed by atoms with Gasteiger partial charge in [-0.1, -0.05) is 13.3 Å². The average molecular weight is 283 g/mol. The molecule has 0 radical (unpaired) electrons. The summed E-state index contributed by atoms with van der Waals surface area (Å²) < 4.78 is 26.9. The summed E-state index contributed by atoms with van der Waals surface area (Å²) in [5.41, 5.74) is -0.721. The fourth-order valence-electron chi connectivity index (χ4n) is 3.08. The van der Waals surface area contributed by atoms with E-state index in [9.17, 15) is 18.7 Å². The Morgan fingerprint density at radius 3 is 2.85 bits per heavy atom. The van der Waals surface area contributed by atoms with Gasteiger partial charge in [0.05, 0.1) is 0 Å². The minimum Gasteiger partial charge on any atom is -0.480 e. The van der Waals surface area contributed by atoms with Crippen LogP contribution in [0.25, 0.3) is 0 Å². The summed E-state index contributed by atoms with van der Waals surface area (Å²) >= 11 is 0. The van der Waals surface area contributed by atoms with Crippen LogP contribution >= 0.6 is 0 Å². The largest absolute Gasteiger partial charge is 0.480 e.